The second-order valence-electron chi connectivity index (χ2n) is 3.97. The Morgan fingerprint density at radius 2 is 1.88 bits per heavy atom. The Morgan fingerprint density at radius 1 is 1.29 bits per heavy atom. The number of hydrogen-bond donors (Lipinski definition) is 1. The van der Waals surface area contributed by atoms with Crippen molar-refractivity contribution in [2.24, 2.45) is 5.73 Å². The Labute approximate surface area is 101 Å². The number of rotatable bonds is 5. The molecule has 0 aliphatic rings. The van der Waals surface area contributed by atoms with Crippen molar-refractivity contribution < 1.29 is 14.3 Å². The van der Waals surface area contributed by atoms with Crippen molar-refractivity contribution in [2.45, 2.75) is 32.3 Å². The van der Waals surface area contributed by atoms with Crippen LogP contribution in [0.3, 0.4) is 0 Å². The summed E-state index contributed by atoms with van der Waals surface area (Å²) in [7, 11) is 0. The lowest BCUT2D eigenvalue weighted by Crippen LogP contribution is -2.48. The van der Waals surface area contributed by atoms with Gasteiger partial charge in [0.25, 0.3) is 5.91 Å². The number of nitrogens with two attached hydrogens (primary N) is 1. The van der Waals surface area contributed by atoms with Crippen LogP contribution < -0.4 is 5.73 Å². The highest BCUT2D eigenvalue weighted by atomic mass is 16.6. The van der Waals surface area contributed by atoms with Gasteiger partial charge in [0.15, 0.2) is 5.60 Å². The van der Waals surface area contributed by atoms with Crippen LogP contribution in [0, 0.1) is 0 Å². The monoisotopic (exact) mass is 235 g/mol. The SMILES string of the molecule is CCC(Cc1ccccc1)(OC(C)=O)C(N)=O. The zero-order valence-corrected chi connectivity index (χ0v) is 10.1. The molecule has 92 valence electrons. The third-order valence-electron chi connectivity index (χ3n) is 2.69. The van der Waals surface area contributed by atoms with Gasteiger partial charge in [0.1, 0.15) is 0 Å². The minimum Gasteiger partial charge on any atom is -0.449 e. The van der Waals surface area contributed by atoms with Gasteiger partial charge in [0.05, 0.1) is 0 Å². The number of benzene rings is 1. The summed E-state index contributed by atoms with van der Waals surface area (Å²) < 4.78 is 5.14. The van der Waals surface area contributed by atoms with E-state index in [1.165, 1.54) is 6.92 Å². The lowest BCUT2D eigenvalue weighted by Gasteiger charge is -2.28. The van der Waals surface area contributed by atoms with Gasteiger partial charge in [-0.2, -0.15) is 0 Å². The number of ether oxygens (including phenoxy) is 1. The normalized spacial score (nSPS) is 13.8. The Balaban J connectivity index is 2.98. The molecule has 1 rings (SSSR count). The molecule has 0 aliphatic heterocycles. The fourth-order valence-electron chi connectivity index (χ4n) is 1.75. The molecular formula is C13H17NO3. The number of carbonyl (C=O) groups excluding carboxylic acids is 2. The van der Waals surface area contributed by atoms with Gasteiger partial charge >= 0.3 is 5.97 Å². The van der Waals surface area contributed by atoms with E-state index in [0.717, 1.165) is 5.56 Å². The predicted octanol–water partition coefficient (Wildman–Crippen LogP) is 1.43. The average molecular weight is 235 g/mol. The van der Waals surface area contributed by atoms with E-state index in [0.29, 0.717) is 12.8 Å². The maximum atomic E-state index is 11.5. The van der Waals surface area contributed by atoms with Crippen LogP contribution in [0.2, 0.25) is 0 Å². The third kappa shape index (κ3) is 3.31. The Kier molecular flexibility index (Phi) is 4.26. The molecule has 0 aromatic heterocycles. The van der Waals surface area contributed by atoms with Crippen LogP contribution in [0.15, 0.2) is 30.3 Å². The molecule has 0 bridgehead atoms. The summed E-state index contributed by atoms with van der Waals surface area (Å²) >= 11 is 0. The molecule has 0 saturated carbocycles. The van der Waals surface area contributed by atoms with E-state index in [1.54, 1.807) is 6.92 Å². The predicted molar refractivity (Wildman–Crippen MR) is 64.1 cm³/mol. The molecule has 1 aromatic rings. The first-order valence-corrected chi connectivity index (χ1v) is 5.53. The number of amides is 1. The van der Waals surface area contributed by atoms with Crippen LogP contribution in [0.1, 0.15) is 25.8 Å². The second-order valence-corrected chi connectivity index (χ2v) is 3.97. The highest BCUT2D eigenvalue weighted by molar-refractivity contribution is 5.86. The molecule has 1 amide bonds. The van der Waals surface area contributed by atoms with Gasteiger partial charge in [-0.05, 0) is 12.0 Å². The van der Waals surface area contributed by atoms with Gasteiger partial charge < -0.3 is 10.5 Å². The number of hydrogen-bond acceptors (Lipinski definition) is 3. The molecule has 0 spiro atoms. The Bertz CT molecular complexity index is 402. The second kappa shape index (κ2) is 5.48. The van der Waals surface area contributed by atoms with Crippen molar-refractivity contribution in [1.29, 1.82) is 0 Å². The van der Waals surface area contributed by atoms with Crippen molar-refractivity contribution in [3.8, 4) is 0 Å². The molecule has 2 N–H and O–H groups in total. The summed E-state index contributed by atoms with van der Waals surface area (Å²) in [5.41, 5.74) is 5.03. The number of carbonyl (C=O) groups is 2. The van der Waals surface area contributed by atoms with Crippen LogP contribution in [0.25, 0.3) is 0 Å². The van der Waals surface area contributed by atoms with E-state index in [4.69, 9.17) is 10.5 Å². The smallest absolute Gasteiger partial charge is 0.303 e. The van der Waals surface area contributed by atoms with Crippen molar-refractivity contribution in [3.63, 3.8) is 0 Å². The molecule has 4 heteroatoms. The maximum Gasteiger partial charge on any atom is 0.303 e. The van der Waals surface area contributed by atoms with Crippen molar-refractivity contribution >= 4 is 11.9 Å². The molecular weight excluding hydrogens is 218 g/mol. The molecule has 1 unspecified atom stereocenters. The van der Waals surface area contributed by atoms with Crippen molar-refractivity contribution in [2.75, 3.05) is 0 Å². The van der Waals surface area contributed by atoms with Gasteiger partial charge in [-0.1, -0.05) is 37.3 Å². The Hall–Kier alpha value is -1.84. The van der Waals surface area contributed by atoms with Crippen LogP contribution in [-0.2, 0) is 20.7 Å². The zero-order chi connectivity index (χ0) is 12.9. The lowest BCUT2D eigenvalue weighted by atomic mass is 9.91. The summed E-state index contributed by atoms with van der Waals surface area (Å²) in [4.78, 5) is 22.6. The summed E-state index contributed by atoms with van der Waals surface area (Å²) in [6.07, 6.45) is 0.663. The molecule has 0 radical (unpaired) electrons. The van der Waals surface area contributed by atoms with E-state index in [2.05, 4.69) is 0 Å². The first-order valence-electron chi connectivity index (χ1n) is 5.53. The van der Waals surface area contributed by atoms with E-state index < -0.39 is 17.5 Å². The minimum atomic E-state index is -1.24. The van der Waals surface area contributed by atoms with Crippen LogP contribution >= 0.6 is 0 Å². The molecule has 17 heavy (non-hydrogen) atoms. The lowest BCUT2D eigenvalue weighted by molar-refractivity contribution is -0.165. The standard InChI is InChI=1S/C13H17NO3/c1-3-13(12(14)16,17-10(2)15)9-11-7-5-4-6-8-11/h4-8H,3,9H2,1-2H3,(H2,14,16). The third-order valence-corrected chi connectivity index (χ3v) is 2.69. The fourth-order valence-corrected chi connectivity index (χ4v) is 1.75. The minimum absolute atomic E-state index is 0.305. The van der Waals surface area contributed by atoms with Gasteiger partial charge in [-0.25, -0.2) is 0 Å². The molecule has 0 saturated heterocycles. The van der Waals surface area contributed by atoms with Crippen molar-refractivity contribution in [3.05, 3.63) is 35.9 Å². The van der Waals surface area contributed by atoms with E-state index in [1.807, 2.05) is 30.3 Å². The maximum absolute atomic E-state index is 11.5. The fraction of sp³-hybridized carbons (Fsp3) is 0.385. The number of esters is 1. The number of primary amides is 1. The van der Waals surface area contributed by atoms with Gasteiger partial charge in [0, 0.05) is 13.3 Å². The van der Waals surface area contributed by atoms with E-state index in [-0.39, 0.29) is 0 Å². The van der Waals surface area contributed by atoms with E-state index >= 15 is 0 Å². The summed E-state index contributed by atoms with van der Waals surface area (Å²) in [6.45, 7) is 3.05. The van der Waals surface area contributed by atoms with Gasteiger partial charge in [0.2, 0.25) is 0 Å². The Morgan fingerprint density at radius 3 is 2.29 bits per heavy atom. The molecule has 4 nitrogen and oxygen atoms in total. The van der Waals surface area contributed by atoms with Gasteiger partial charge in [-0.3, -0.25) is 9.59 Å². The van der Waals surface area contributed by atoms with Crippen LogP contribution in [-0.4, -0.2) is 17.5 Å². The highest BCUT2D eigenvalue weighted by Gasteiger charge is 2.38. The van der Waals surface area contributed by atoms with Crippen LogP contribution in [0.5, 0.6) is 0 Å². The van der Waals surface area contributed by atoms with Crippen LogP contribution in [0.4, 0.5) is 0 Å². The zero-order valence-electron chi connectivity index (χ0n) is 10.1. The summed E-state index contributed by atoms with van der Waals surface area (Å²) in [5, 5.41) is 0. The molecule has 0 aliphatic carbocycles. The topological polar surface area (TPSA) is 69.4 Å². The first-order chi connectivity index (χ1) is 8.00. The summed E-state index contributed by atoms with van der Waals surface area (Å²) in [5.74, 6) is -1.11. The molecule has 1 aromatic carbocycles. The first kappa shape index (κ1) is 13.2. The average Bonchev–Trinajstić information content (AvgIpc) is 2.28. The largest absolute Gasteiger partial charge is 0.449 e. The molecule has 1 atom stereocenters. The quantitative estimate of drug-likeness (QED) is 0.785. The van der Waals surface area contributed by atoms with Gasteiger partial charge in [-0.15, -0.1) is 0 Å². The van der Waals surface area contributed by atoms with E-state index in [9.17, 15) is 9.59 Å². The molecule has 0 heterocycles. The van der Waals surface area contributed by atoms with Crippen molar-refractivity contribution in [1.82, 2.24) is 0 Å². The molecule has 0 fully saturated rings. The highest BCUT2D eigenvalue weighted by Crippen LogP contribution is 2.22. The summed E-state index contributed by atoms with van der Waals surface area (Å²) in [6, 6.07) is 9.36.